The first-order valence-electron chi connectivity index (χ1n) is 7.23. The van der Waals surface area contributed by atoms with E-state index in [-0.39, 0.29) is 4.90 Å². The number of nitrogens with one attached hydrogen (secondary N) is 1. The number of nitrogen functional groups attached to an aromatic ring is 1. The van der Waals surface area contributed by atoms with Crippen LogP contribution < -0.4 is 16.2 Å². The first-order valence-corrected chi connectivity index (χ1v) is 8.78. The molecule has 0 aromatic heterocycles. The van der Waals surface area contributed by atoms with Crippen LogP contribution >= 0.6 is 0 Å². The van der Waals surface area contributed by atoms with E-state index in [0.717, 1.165) is 31.4 Å². The Balaban J connectivity index is 2.07. The van der Waals surface area contributed by atoms with Gasteiger partial charge >= 0.3 is 0 Å². The average molecular weight is 312 g/mol. The van der Waals surface area contributed by atoms with Gasteiger partial charge in [-0.3, -0.25) is 4.90 Å². The molecule has 2 rings (SSSR count). The Hall–Kier alpha value is -1.31. The number of sulfonamides is 1. The number of nitrogens with zero attached hydrogens (tertiary/aromatic N) is 1. The molecule has 1 aromatic carbocycles. The lowest BCUT2D eigenvalue weighted by atomic mass is 10.2. The third-order valence-corrected chi connectivity index (χ3v) is 4.91. The highest BCUT2D eigenvalue weighted by atomic mass is 32.2. The normalized spacial score (nSPS) is 15.4. The second-order valence-electron chi connectivity index (χ2n) is 5.52. The molecule has 5 N–H and O–H groups in total. The summed E-state index contributed by atoms with van der Waals surface area (Å²) in [4.78, 5) is 2.51. The minimum absolute atomic E-state index is 0.0829. The van der Waals surface area contributed by atoms with Gasteiger partial charge in [0.2, 0.25) is 10.0 Å². The molecular formula is C14H24N4O2S. The zero-order valence-corrected chi connectivity index (χ0v) is 13.4. The molecule has 0 heterocycles. The summed E-state index contributed by atoms with van der Waals surface area (Å²) in [6.07, 6.45) is 2.56. The first kappa shape index (κ1) is 16.1. The van der Waals surface area contributed by atoms with E-state index in [0.29, 0.717) is 11.3 Å². The Morgan fingerprint density at radius 1 is 1.38 bits per heavy atom. The fourth-order valence-corrected chi connectivity index (χ4v) is 3.40. The van der Waals surface area contributed by atoms with E-state index in [4.69, 9.17) is 10.9 Å². The Morgan fingerprint density at radius 2 is 2.05 bits per heavy atom. The third kappa shape index (κ3) is 4.09. The Labute approximate surface area is 126 Å². The molecule has 0 saturated heterocycles. The molecule has 0 spiro atoms. The van der Waals surface area contributed by atoms with Gasteiger partial charge in [0.25, 0.3) is 0 Å². The van der Waals surface area contributed by atoms with Crippen LogP contribution in [0.15, 0.2) is 17.0 Å². The largest absolute Gasteiger partial charge is 0.399 e. The maximum absolute atomic E-state index is 11.6. The van der Waals surface area contributed by atoms with Crippen molar-refractivity contribution in [3.8, 4) is 0 Å². The molecule has 6 nitrogen and oxygen atoms in total. The quantitative estimate of drug-likeness (QED) is 0.655. The van der Waals surface area contributed by atoms with Gasteiger partial charge in [-0.25, -0.2) is 13.6 Å². The van der Waals surface area contributed by atoms with Gasteiger partial charge < -0.3 is 11.1 Å². The van der Waals surface area contributed by atoms with Crippen molar-refractivity contribution in [3.63, 3.8) is 0 Å². The molecular weight excluding hydrogens is 288 g/mol. The molecule has 1 saturated carbocycles. The molecule has 7 heteroatoms. The van der Waals surface area contributed by atoms with Crippen molar-refractivity contribution in [2.24, 2.45) is 5.14 Å². The van der Waals surface area contributed by atoms with E-state index >= 15 is 0 Å². The van der Waals surface area contributed by atoms with E-state index in [1.807, 2.05) is 0 Å². The minimum Gasteiger partial charge on any atom is -0.399 e. The summed E-state index contributed by atoms with van der Waals surface area (Å²) in [5.41, 5.74) is 7.50. The number of benzene rings is 1. The first-order chi connectivity index (χ1) is 9.82. The Kier molecular flexibility index (Phi) is 4.75. The van der Waals surface area contributed by atoms with E-state index < -0.39 is 10.0 Å². The number of hydrogen-bond acceptors (Lipinski definition) is 5. The van der Waals surface area contributed by atoms with E-state index in [1.54, 1.807) is 13.0 Å². The van der Waals surface area contributed by atoms with Crippen LogP contribution in [-0.2, 0) is 10.0 Å². The van der Waals surface area contributed by atoms with Crippen LogP contribution in [-0.4, -0.2) is 39.0 Å². The molecule has 0 radical (unpaired) electrons. The topological polar surface area (TPSA) is 101 Å². The number of primary sulfonamides is 1. The van der Waals surface area contributed by atoms with Crippen LogP contribution in [0, 0.1) is 6.92 Å². The SMILES string of the molecule is CCN(CCNc1cc(N)cc(S(N)(=O)=O)c1C)C1CC1. The van der Waals surface area contributed by atoms with Crippen LogP contribution in [0.3, 0.4) is 0 Å². The third-order valence-electron chi connectivity index (χ3n) is 3.87. The molecule has 0 unspecified atom stereocenters. The van der Waals surface area contributed by atoms with Gasteiger partial charge in [-0.2, -0.15) is 0 Å². The van der Waals surface area contributed by atoms with Crippen molar-refractivity contribution < 1.29 is 8.42 Å². The van der Waals surface area contributed by atoms with Gasteiger partial charge in [-0.15, -0.1) is 0 Å². The summed E-state index contributed by atoms with van der Waals surface area (Å²) >= 11 is 0. The lowest BCUT2D eigenvalue weighted by molar-refractivity contribution is 0.289. The van der Waals surface area contributed by atoms with Crippen LogP contribution in [0.25, 0.3) is 0 Å². The van der Waals surface area contributed by atoms with Gasteiger partial charge in [0, 0.05) is 30.5 Å². The monoisotopic (exact) mass is 312 g/mol. The molecule has 0 atom stereocenters. The van der Waals surface area contributed by atoms with Crippen molar-refractivity contribution in [2.45, 2.75) is 37.6 Å². The zero-order valence-electron chi connectivity index (χ0n) is 12.6. The maximum atomic E-state index is 11.6. The highest BCUT2D eigenvalue weighted by molar-refractivity contribution is 7.89. The molecule has 1 aliphatic carbocycles. The highest BCUT2D eigenvalue weighted by Crippen LogP contribution is 2.27. The minimum atomic E-state index is -3.76. The van der Waals surface area contributed by atoms with Gasteiger partial charge in [-0.05, 0) is 44.0 Å². The van der Waals surface area contributed by atoms with Crippen LogP contribution in [0.5, 0.6) is 0 Å². The summed E-state index contributed by atoms with van der Waals surface area (Å²) in [6.45, 7) is 6.60. The molecule has 1 aliphatic rings. The van der Waals surface area contributed by atoms with E-state index in [2.05, 4.69) is 17.1 Å². The van der Waals surface area contributed by atoms with E-state index in [9.17, 15) is 8.42 Å². The second-order valence-corrected chi connectivity index (χ2v) is 7.05. The number of rotatable bonds is 7. The Bertz CT molecular complexity index is 612. The van der Waals surface area contributed by atoms with Crippen LogP contribution in [0.2, 0.25) is 0 Å². The van der Waals surface area contributed by atoms with Crippen molar-refractivity contribution in [2.75, 3.05) is 30.7 Å². The summed E-state index contributed by atoms with van der Waals surface area (Å²) in [5, 5.41) is 8.49. The predicted octanol–water partition coefficient (Wildman–Crippen LogP) is 1.12. The van der Waals surface area contributed by atoms with Gasteiger partial charge in [0.05, 0.1) is 4.90 Å². The molecule has 1 fully saturated rings. The summed E-state index contributed by atoms with van der Waals surface area (Å²) < 4.78 is 23.1. The summed E-state index contributed by atoms with van der Waals surface area (Å²) in [6, 6.07) is 3.87. The fraction of sp³-hybridized carbons (Fsp3) is 0.571. The zero-order chi connectivity index (χ0) is 15.6. The van der Waals surface area contributed by atoms with Gasteiger partial charge in [0.15, 0.2) is 0 Å². The molecule has 0 amide bonds. The predicted molar refractivity (Wildman–Crippen MR) is 85.7 cm³/mol. The molecule has 21 heavy (non-hydrogen) atoms. The second kappa shape index (κ2) is 6.21. The average Bonchev–Trinajstić information content (AvgIpc) is 3.21. The van der Waals surface area contributed by atoms with Crippen LogP contribution in [0.1, 0.15) is 25.3 Å². The fourth-order valence-electron chi connectivity index (χ4n) is 2.56. The number of anilines is 2. The van der Waals surface area contributed by atoms with Crippen molar-refractivity contribution in [3.05, 3.63) is 17.7 Å². The molecule has 118 valence electrons. The van der Waals surface area contributed by atoms with Crippen molar-refractivity contribution >= 4 is 21.4 Å². The van der Waals surface area contributed by atoms with Crippen molar-refractivity contribution in [1.29, 1.82) is 0 Å². The van der Waals surface area contributed by atoms with Gasteiger partial charge in [-0.1, -0.05) is 6.92 Å². The van der Waals surface area contributed by atoms with Crippen LogP contribution in [0.4, 0.5) is 11.4 Å². The van der Waals surface area contributed by atoms with Gasteiger partial charge in [0.1, 0.15) is 0 Å². The smallest absolute Gasteiger partial charge is 0.238 e. The maximum Gasteiger partial charge on any atom is 0.238 e. The lowest BCUT2D eigenvalue weighted by Gasteiger charge is -2.21. The summed E-state index contributed by atoms with van der Waals surface area (Å²) in [7, 11) is -3.76. The number of nitrogens with two attached hydrogens (primary N) is 2. The van der Waals surface area contributed by atoms with Crippen molar-refractivity contribution in [1.82, 2.24) is 4.90 Å². The number of hydrogen-bond donors (Lipinski definition) is 3. The summed E-state index contributed by atoms with van der Waals surface area (Å²) in [5.74, 6) is 0. The molecule has 0 bridgehead atoms. The highest BCUT2D eigenvalue weighted by Gasteiger charge is 2.27. The lowest BCUT2D eigenvalue weighted by Crippen LogP contribution is -2.31. The molecule has 0 aliphatic heterocycles. The number of likely N-dealkylation sites (N-methyl/N-ethyl adjacent to an activating group) is 1. The standard InChI is InChI=1S/C14H24N4O2S/c1-3-18(12-4-5-12)7-6-17-13-8-11(15)9-14(10(13)2)21(16,19)20/h8-9,12,17H,3-7,15H2,1-2H3,(H2,16,19,20). The Morgan fingerprint density at radius 3 is 2.57 bits per heavy atom. The van der Waals surface area contributed by atoms with E-state index in [1.165, 1.54) is 18.9 Å². The molecule has 1 aromatic rings.